The maximum Gasteiger partial charge on any atom is 0.270 e. The molecule has 0 saturated carbocycles. The molecule has 2 rings (SSSR count). The van der Waals surface area contributed by atoms with Crippen LogP contribution in [0.5, 0.6) is 0 Å². The Kier molecular flexibility index (Phi) is 3.91. The number of nitrogens with two attached hydrogens (primary N) is 1. The molecular formula is C10H13N3O6S2. The average Bonchev–Trinajstić information content (AvgIpc) is 2.38. The van der Waals surface area contributed by atoms with E-state index in [1.54, 1.807) is 0 Å². The van der Waals surface area contributed by atoms with Crippen molar-refractivity contribution in [2.24, 2.45) is 0 Å². The van der Waals surface area contributed by atoms with E-state index >= 15 is 0 Å². The molecule has 1 saturated heterocycles. The highest BCUT2D eigenvalue weighted by atomic mass is 32.2. The van der Waals surface area contributed by atoms with Crippen LogP contribution >= 0.6 is 0 Å². The van der Waals surface area contributed by atoms with Crippen molar-refractivity contribution in [1.82, 2.24) is 4.31 Å². The number of non-ortho nitro benzene ring substituents is 1. The summed E-state index contributed by atoms with van der Waals surface area (Å²) in [5, 5.41) is 10.7. The number of nitrogen functional groups attached to an aromatic ring is 1. The standard InChI is InChI=1S/C10H13N3O6S2/c11-9-2-1-8(13(14)15)7-10(9)21(18,19)12-3-5-20(16,17)6-4-12/h1-2,7H,3-6,11H2. The van der Waals surface area contributed by atoms with Crippen LogP contribution < -0.4 is 5.73 Å². The predicted molar refractivity (Wildman–Crippen MR) is 74.9 cm³/mol. The Morgan fingerprint density at radius 2 is 1.81 bits per heavy atom. The van der Waals surface area contributed by atoms with Crippen molar-refractivity contribution in [3.8, 4) is 0 Å². The van der Waals surface area contributed by atoms with E-state index in [4.69, 9.17) is 5.73 Å². The molecule has 0 aromatic heterocycles. The Hall–Kier alpha value is -1.72. The lowest BCUT2D eigenvalue weighted by atomic mass is 10.3. The second-order valence-electron chi connectivity index (χ2n) is 4.54. The van der Waals surface area contributed by atoms with Crippen molar-refractivity contribution < 1.29 is 21.8 Å². The lowest BCUT2D eigenvalue weighted by Gasteiger charge is -2.26. The maximum absolute atomic E-state index is 12.4. The minimum absolute atomic E-state index is 0.117. The third-order valence-electron chi connectivity index (χ3n) is 3.13. The number of benzene rings is 1. The molecule has 0 unspecified atom stereocenters. The van der Waals surface area contributed by atoms with Crippen LogP contribution in [0, 0.1) is 10.1 Å². The molecule has 0 bridgehead atoms. The van der Waals surface area contributed by atoms with Gasteiger partial charge in [0.25, 0.3) is 5.69 Å². The summed E-state index contributed by atoms with van der Waals surface area (Å²) in [6, 6.07) is 3.13. The first-order valence-electron chi connectivity index (χ1n) is 5.88. The van der Waals surface area contributed by atoms with E-state index in [1.807, 2.05) is 0 Å². The quantitative estimate of drug-likeness (QED) is 0.450. The first-order chi connectivity index (χ1) is 9.63. The second-order valence-corrected chi connectivity index (χ2v) is 8.75. The molecule has 0 atom stereocenters. The molecule has 1 heterocycles. The Morgan fingerprint density at radius 3 is 2.33 bits per heavy atom. The SMILES string of the molecule is Nc1ccc([N+](=O)[O-])cc1S(=O)(=O)N1CCS(=O)(=O)CC1. The molecule has 2 N–H and O–H groups in total. The third-order valence-corrected chi connectivity index (χ3v) is 6.69. The van der Waals surface area contributed by atoms with Crippen molar-refractivity contribution in [3.63, 3.8) is 0 Å². The molecule has 11 heteroatoms. The lowest BCUT2D eigenvalue weighted by Crippen LogP contribution is -2.43. The Balaban J connectivity index is 2.40. The van der Waals surface area contributed by atoms with Crippen LogP contribution in [0.2, 0.25) is 0 Å². The zero-order valence-corrected chi connectivity index (χ0v) is 12.4. The van der Waals surface area contributed by atoms with Gasteiger partial charge in [-0.1, -0.05) is 0 Å². The number of anilines is 1. The second kappa shape index (κ2) is 5.24. The van der Waals surface area contributed by atoms with Crippen LogP contribution in [0.1, 0.15) is 0 Å². The molecule has 1 aliphatic heterocycles. The van der Waals surface area contributed by atoms with Gasteiger partial charge in [-0.25, -0.2) is 16.8 Å². The topological polar surface area (TPSA) is 141 Å². The maximum atomic E-state index is 12.4. The van der Waals surface area contributed by atoms with E-state index in [9.17, 15) is 26.9 Å². The molecule has 21 heavy (non-hydrogen) atoms. The molecule has 0 radical (unpaired) electrons. The summed E-state index contributed by atoms with van der Waals surface area (Å²) in [5.41, 5.74) is 5.08. The highest BCUT2D eigenvalue weighted by molar-refractivity contribution is 7.92. The Morgan fingerprint density at radius 1 is 1.24 bits per heavy atom. The van der Waals surface area contributed by atoms with Gasteiger partial charge in [0.05, 0.1) is 22.1 Å². The number of hydrogen-bond donors (Lipinski definition) is 1. The highest BCUT2D eigenvalue weighted by Crippen LogP contribution is 2.27. The summed E-state index contributed by atoms with van der Waals surface area (Å²) in [6.07, 6.45) is 0. The summed E-state index contributed by atoms with van der Waals surface area (Å²) in [4.78, 5) is 9.63. The fourth-order valence-electron chi connectivity index (χ4n) is 1.94. The van der Waals surface area contributed by atoms with Gasteiger partial charge in [-0.15, -0.1) is 0 Å². The van der Waals surface area contributed by atoms with Crippen LogP contribution in [-0.4, -0.2) is 50.7 Å². The van der Waals surface area contributed by atoms with Gasteiger partial charge in [0.15, 0.2) is 9.84 Å². The number of sulfone groups is 1. The number of rotatable bonds is 3. The number of nitro groups is 1. The normalized spacial score (nSPS) is 19.2. The molecule has 1 aromatic rings. The van der Waals surface area contributed by atoms with Crippen LogP contribution in [0.25, 0.3) is 0 Å². The van der Waals surface area contributed by atoms with Crippen molar-refractivity contribution >= 4 is 31.2 Å². The molecule has 1 aliphatic rings. The van der Waals surface area contributed by atoms with Gasteiger partial charge >= 0.3 is 0 Å². The van der Waals surface area contributed by atoms with Crippen molar-refractivity contribution in [2.45, 2.75) is 4.90 Å². The van der Waals surface area contributed by atoms with Crippen LogP contribution in [0.15, 0.2) is 23.1 Å². The van der Waals surface area contributed by atoms with Crippen LogP contribution in [-0.2, 0) is 19.9 Å². The zero-order chi connectivity index (χ0) is 15.8. The highest BCUT2D eigenvalue weighted by Gasteiger charge is 2.33. The minimum atomic E-state index is -4.06. The number of hydrogen-bond acceptors (Lipinski definition) is 7. The zero-order valence-electron chi connectivity index (χ0n) is 10.8. The monoisotopic (exact) mass is 335 g/mol. The summed E-state index contributed by atoms with van der Waals surface area (Å²) in [7, 11) is -7.29. The molecule has 1 aromatic carbocycles. The molecule has 9 nitrogen and oxygen atoms in total. The van der Waals surface area contributed by atoms with Crippen LogP contribution in [0.3, 0.4) is 0 Å². The van der Waals surface area contributed by atoms with Crippen molar-refractivity contribution in [3.05, 3.63) is 28.3 Å². The summed E-state index contributed by atoms with van der Waals surface area (Å²) < 4.78 is 48.5. The molecule has 1 fully saturated rings. The van der Waals surface area contributed by atoms with E-state index < -0.39 is 30.5 Å². The Labute approximate surface area is 121 Å². The molecule has 116 valence electrons. The lowest BCUT2D eigenvalue weighted by molar-refractivity contribution is -0.385. The van der Waals surface area contributed by atoms with E-state index in [1.165, 1.54) is 0 Å². The average molecular weight is 335 g/mol. The molecule has 0 aliphatic carbocycles. The summed E-state index contributed by atoms with van der Waals surface area (Å²) in [5.74, 6) is -0.553. The van der Waals surface area contributed by atoms with Gasteiger partial charge in [0.1, 0.15) is 4.90 Å². The van der Waals surface area contributed by atoms with Crippen molar-refractivity contribution in [1.29, 1.82) is 0 Å². The number of nitro benzene ring substituents is 1. The molecular weight excluding hydrogens is 322 g/mol. The smallest absolute Gasteiger partial charge is 0.270 e. The summed E-state index contributed by atoms with van der Waals surface area (Å²) >= 11 is 0. The molecule has 0 spiro atoms. The number of sulfonamides is 1. The molecule has 0 amide bonds. The van der Waals surface area contributed by atoms with Gasteiger partial charge in [-0.3, -0.25) is 10.1 Å². The number of nitrogens with zero attached hydrogens (tertiary/aromatic N) is 2. The van der Waals surface area contributed by atoms with Crippen molar-refractivity contribution in [2.75, 3.05) is 30.3 Å². The van der Waals surface area contributed by atoms with Gasteiger partial charge in [0.2, 0.25) is 10.0 Å². The largest absolute Gasteiger partial charge is 0.398 e. The van der Waals surface area contributed by atoms with E-state index in [0.717, 1.165) is 22.5 Å². The Bertz CT molecular complexity index is 773. The van der Waals surface area contributed by atoms with Gasteiger partial charge in [-0.2, -0.15) is 4.31 Å². The van der Waals surface area contributed by atoms with Gasteiger partial charge in [-0.05, 0) is 6.07 Å². The van der Waals surface area contributed by atoms with Gasteiger partial charge in [0, 0.05) is 25.2 Å². The fourth-order valence-corrected chi connectivity index (χ4v) is 4.94. The first kappa shape index (κ1) is 15.7. The fraction of sp³-hybridized carbons (Fsp3) is 0.400. The third kappa shape index (κ3) is 3.14. The van der Waals surface area contributed by atoms with Gasteiger partial charge < -0.3 is 5.73 Å². The predicted octanol–water partition coefficient (Wildman–Crippen LogP) is -0.404. The van der Waals surface area contributed by atoms with E-state index in [0.29, 0.717) is 0 Å². The summed E-state index contributed by atoms with van der Waals surface area (Å²) in [6.45, 7) is -0.375. The minimum Gasteiger partial charge on any atom is -0.398 e. The van der Waals surface area contributed by atoms with Crippen LogP contribution in [0.4, 0.5) is 11.4 Å². The first-order valence-corrected chi connectivity index (χ1v) is 9.14. The van der Waals surface area contributed by atoms with E-state index in [-0.39, 0.29) is 35.2 Å². The van der Waals surface area contributed by atoms with E-state index in [2.05, 4.69) is 0 Å².